The van der Waals surface area contributed by atoms with Crippen molar-refractivity contribution in [2.24, 2.45) is 0 Å². The van der Waals surface area contributed by atoms with Gasteiger partial charge in [-0.05, 0) is 27.7 Å². The minimum Gasteiger partial charge on any atom is -0.367 e. The first-order chi connectivity index (χ1) is 9.60. The molecule has 116 valence electrons. The van der Waals surface area contributed by atoms with Gasteiger partial charge >= 0.3 is 5.69 Å². The van der Waals surface area contributed by atoms with Crippen molar-refractivity contribution in [3.05, 3.63) is 39.7 Å². The molecule has 1 aromatic rings. The molecule has 0 radical (unpaired) electrons. The molecule has 0 bridgehead atoms. The summed E-state index contributed by atoms with van der Waals surface area (Å²) in [6, 6.07) is 4.30. The minimum atomic E-state index is -0.746. The predicted octanol–water partition coefficient (Wildman–Crippen LogP) is 3.12. The minimum absolute atomic E-state index is 0.334. The fourth-order valence-corrected chi connectivity index (χ4v) is 3.13. The Morgan fingerprint density at radius 2 is 1.86 bits per heavy atom. The molecule has 0 aliphatic carbocycles. The normalized spacial score (nSPS) is 21.2. The standard InChI is InChI=1S/C15H21FN2O3/c1-14(2)9-17(10-15(3,4)21-14)8-11-6-5-7-12(13(11)16)18(19)20/h5-7H,8-10H2,1-4H3. The lowest BCUT2D eigenvalue weighted by molar-refractivity contribution is -0.387. The number of halogens is 1. The highest BCUT2D eigenvalue weighted by Crippen LogP contribution is 2.30. The number of nitrogens with zero attached hydrogens (tertiary/aromatic N) is 2. The third-order valence-corrected chi connectivity index (χ3v) is 3.41. The fourth-order valence-electron chi connectivity index (χ4n) is 3.13. The van der Waals surface area contributed by atoms with E-state index < -0.39 is 16.4 Å². The fraction of sp³-hybridized carbons (Fsp3) is 0.600. The summed E-state index contributed by atoms with van der Waals surface area (Å²) in [6.45, 7) is 9.60. The van der Waals surface area contributed by atoms with E-state index in [1.54, 1.807) is 6.07 Å². The Bertz CT molecular complexity index is 542. The first-order valence-corrected chi connectivity index (χ1v) is 6.94. The molecule has 1 fully saturated rings. The number of hydrogen-bond acceptors (Lipinski definition) is 4. The topological polar surface area (TPSA) is 55.6 Å². The van der Waals surface area contributed by atoms with Gasteiger partial charge in [0.25, 0.3) is 0 Å². The van der Waals surface area contributed by atoms with Crippen molar-refractivity contribution in [3.63, 3.8) is 0 Å². The molecule has 1 aliphatic rings. The molecule has 5 nitrogen and oxygen atoms in total. The van der Waals surface area contributed by atoms with Gasteiger partial charge < -0.3 is 4.74 Å². The molecule has 1 saturated heterocycles. The Hall–Kier alpha value is -1.53. The van der Waals surface area contributed by atoms with E-state index in [9.17, 15) is 14.5 Å². The van der Waals surface area contributed by atoms with Crippen LogP contribution in [0.3, 0.4) is 0 Å². The number of morpholine rings is 1. The first kappa shape index (κ1) is 15.9. The maximum atomic E-state index is 14.2. The Kier molecular flexibility index (Phi) is 4.04. The molecule has 0 N–H and O–H groups in total. The highest BCUT2D eigenvalue weighted by atomic mass is 19.1. The predicted molar refractivity (Wildman–Crippen MR) is 77.6 cm³/mol. The third kappa shape index (κ3) is 3.77. The summed E-state index contributed by atoms with van der Waals surface area (Å²) in [7, 11) is 0. The average molecular weight is 296 g/mol. The summed E-state index contributed by atoms with van der Waals surface area (Å²) >= 11 is 0. The zero-order valence-electron chi connectivity index (χ0n) is 12.9. The van der Waals surface area contributed by atoms with Crippen LogP contribution in [0.15, 0.2) is 18.2 Å². The summed E-state index contributed by atoms with van der Waals surface area (Å²) in [6.07, 6.45) is 0. The van der Waals surface area contributed by atoms with E-state index in [0.717, 1.165) is 0 Å². The lowest BCUT2D eigenvalue weighted by atomic mass is 9.98. The van der Waals surface area contributed by atoms with Crippen LogP contribution in [0.2, 0.25) is 0 Å². The van der Waals surface area contributed by atoms with E-state index in [4.69, 9.17) is 4.74 Å². The van der Waals surface area contributed by atoms with Crippen LogP contribution in [0.25, 0.3) is 0 Å². The number of nitro groups is 1. The van der Waals surface area contributed by atoms with Crippen molar-refractivity contribution in [2.75, 3.05) is 13.1 Å². The quantitative estimate of drug-likeness (QED) is 0.635. The Morgan fingerprint density at radius 1 is 1.29 bits per heavy atom. The summed E-state index contributed by atoms with van der Waals surface area (Å²) < 4.78 is 20.1. The lowest BCUT2D eigenvalue weighted by Gasteiger charge is -2.47. The van der Waals surface area contributed by atoms with Gasteiger partial charge in [0.15, 0.2) is 0 Å². The van der Waals surface area contributed by atoms with Crippen LogP contribution in [0.5, 0.6) is 0 Å². The summed E-state index contributed by atoms with van der Waals surface area (Å²) in [5.74, 6) is -0.746. The van der Waals surface area contributed by atoms with Crippen molar-refractivity contribution < 1.29 is 14.1 Å². The monoisotopic (exact) mass is 296 g/mol. The van der Waals surface area contributed by atoms with E-state index in [0.29, 0.717) is 25.2 Å². The Morgan fingerprint density at radius 3 is 2.38 bits per heavy atom. The Balaban J connectivity index is 2.22. The molecule has 0 unspecified atom stereocenters. The molecule has 0 saturated carbocycles. The van der Waals surface area contributed by atoms with Crippen molar-refractivity contribution in [2.45, 2.75) is 45.4 Å². The third-order valence-electron chi connectivity index (χ3n) is 3.41. The number of nitro benzene ring substituents is 1. The van der Waals surface area contributed by atoms with Crippen LogP contribution in [-0.4, -0.2) is 34.1 Å². The van der Waals surface area contributed by atoms with Crippen molar-refractivity contribution >= 4 is 5.69 Å². The molecule has 1 heterocycles. The molecule has 0 atom stereocenters. The SMILES string of the molecule is CC1(C)CN(Cc2cccc([N+](=O)[O-])c2F)CC(C)(C)O1. The lowest BCUT2D eigenvalue weighted by Crippen LogP contribution is -2.56. The molecule has 0 aromatic heterocycles. The van der Waals surface area contributed by atoms with Crippen LogP contribution in [0, 0.1) is 15.9 Å². The zero-order valence-corrected chi connectivity index (χ0v) is 12.9. The second-order valence-electron chi connectivity index (χ2n) is 6.77. The smallest absolute Gasteiger partial charge is 0.305 e. The molecule has 21 heavy (non-hydrogen) atoms. The number of benzene rings is 1. The van der Waals surface area contributed by atoms with Crippen LogP contribution in [0.1, 0.15) is 33.3 Å². The largest absolute Gasteiger partial charge is 0.367 e. The molecular formula is C15H21FN2O3. The zero-order chi connectivity index (χ0) is 15.8. The summed E-state index contributed by atoms with van der Waals surface area (Å²) in [5, 5.41) is 10.8. The maximum absolute atomic E-state index is 14.2. The van der Waals surface area contributed by atoms with Gasteiger partial charge in [-0.2, -0.15) is 4.39 Å². The molecule has 6 heteroatoms. The molecule has 0 amide bonds. The maximum Gasteiger partial charge on any atom is 0.305 e. The van der Waals surface area contributed by atoms with Crippen molar-refractivity contribution in [3.8, 4) is 0 Å². The first-order valence-electron chi connectivity index (χ1n) is 6.94. The van der Waals surface area contributed by atoms with Crippen molar-refractivity contribution in [1.29, 1.82) is 0 Å². The molecule has 0 spiro atoms. The van der Waals surface area contributed by atoms with Gasteiger partial charge in [0.2, 0.25) is 5.82 Å². The molecule has 2 rings (SSSR count). The van der Waals surface area contributed by atoms with Gasteiger partial charge in [-0.3, -0.25) is 15.0 Å². The van der Waals surface area contributed by atoms with Gasteiger partial charge in [0.1, 0.15) is 0 Å². The Labute approximate surface area is 123 Å². The van der Waals surface area contributed by atoms with Gasteiger partial charge in [-0.1, -0.05) is 12.1 Å². The van der Waals surface area contributed by atoms with Crippen LogP contribution in [0.4, 0.5) is 10.1 Å². The van der Waals surface area contributed by atoms with Crippen LogP contribution < -0.4 is 0 Å². The summed E-state index contributed by atoms with van der Waals surface area (Å²) in [5.41, 5.74) is -0.797. The molecular weight excluding hydrogens is 275 g/mol. The van der Waals surface area contributed by atoms with Crippen molar-refractivity contribution in [1.82, 2.24) is 4.90 Å². The van der Waals surface area contributed by atoms with Gasteiger partial charge in [-0.15, -0.1) is 0 Å². The number of rotatable bonds is 3. The van der Waals surface area contributed by atoms with Gasteiger partial charge in [-0.25, -0.2) is 0 Å². The highest BCUT2D eigenvalue weighted by molar-refractivity contribution is 5.36. The van der Waals surface area contributed by atoms with Crippen LogP contribution in [-0.2, 0) is 11.3 Å². The van der Waals surface area contributed by atoms with E-state index >= 15 is 0 Å². The second kappa shape index (κ2) is 5.35. The van der Waals surface area contributed by atoms with Gasteiger partial charge in [0.05, 0.1) is 16.1 Å². The van der Waals surface area contributed by atoms with Gasteiger partial charge in [0, 0.05) is 31.3 Å². The molecule has 1 aromatic carbocycles. The number of ether oxygens (including phenoxy) is 1. The van der Waals surface area contributed by atoms with E-state index in [1.807, 2.05) is 27.7 Å². The second-order valence-corrected chi connectivity index (χ2v) is 6.77. The highest BCUT2D eigenvalue weighted by Gasteiger charge is 2.38. The number of hydrogen-bond donors (Lipinski definition) is 0. The van der Waals surface area contributed by atoms with Crippen LogP contribution >= 0.6 is 0 Å². The van der Waals surface area contributed by atoms with E-state index in [-0.39, 0.29) is 11.2 Å². The summed E-state index contributed by atoms with van der Waals surface area (Å²) in [4.78, 5) is 12.2. The van der Waals surface area contributed by atoms with E-state index in [1.165, 1.54) is 12.1 Å². The molecule has 1 aliphatic heterocycles. The average Bonchev–Trinajstić information content (AvgIpc) is 2.27. The van der Waals surface area contributed by atoms with E-state index in [2.05, 4.69) is 4.90 Å².